The molecule has 0 aliphatic heterocycles. The topological polar surface area (TPSA) is 84.2 Å². The molecule has 2 N–H and O–H groups in total. The minimum absolute atomic E-state index is 0.0360. The van der Waals surface area contributed by atoms with E-state index in [9.17, 15) is 8.42 Å². The monoisotopic (exact) mass is 245 g/mol. The maximum atomic E-state index is 11.8. The Labute approximate surface area is 94.4 Å². The average Bonchev–Trinajstić information content (AvgIpc) is 2.45. The molecule has 0 aromatic carbocycles. The first-order valence-corrected chi connectivity index (χ1v) is 6.57. The first kappa shape index (κ1) is 11.6. The van der Waals surface area contributed by atoms with Crippen molar-refractivity contribution in [2.24, 2.45) is 7.05 Å². The van der Waals surface area contributed by atoms with E-state index < -0.39 is 10.0 Å². The van der Waals surface area contributed by atoms with Gasteiger partial charge >= 0.3 is 0 Å². The molecule has 0 bridgehead atoms. The number of sulfonamides is 1. The second kappa shape index (κ2) is 3.83. The third-order valence-electron chi connectivity index (χ3n) is 2.80. The minimum atomic E-state index is -3.54. The highest BCUT2D eigenvalue weighted by atomic mass is 32.2. The predicted octanol–water partition coefficient (Wildman–Crippen LogP) is -0.470. The van der Waals surface area contributed by atoms with E-state index in [2.05, 4.69) is 9.71 Å². The number of nitrogens with zero attached hydrogens (tertiary/aromatic N) is 2. The van der Waals surface area contributed by atoms with Crippen LogP contribution >= 0.6 is 0 Å². The zero-order valence-electron chi connectivity index (χ0n) is 9.21. The SMILES string of the molecule is Cc1nc(S(=O)(=O)NC2CC(O)C2)cn1C. The largest absolute Gasteiger partial charge is 0.393 e. The van der Waals surface area contributed by atoms with Gasteiger partial charge in [0.2, 0.25) is 0 Å². The molecule has 0 unspecified atom stereocenters. The molecule has 0 radical (unpaired) electrons. The smallest absolute Gasteiger partial charge is 0.259 e. The number of imidazole rings is 1. The van der Waals surface area contributed by atoms with Crippen LogP contribution in [0.25, 0.3) is 0 Å². The van der Waals surface area contributed by atoms with Crippen LogP contribution in [0.5, 0.6) is 0 Å². The molecule has 1 aromatic rings. The number of aromatic nitrogens is 2. The maximum Gasteiger partial charge on any atom is 0.259 e. The molecule has 1 aliphatic rings. The van der Waals surface area contributed by atoms with Crippen LogP contribution in [0, 0.1) is 6.92 Å². The van der Waals surface area contributed by atoms with E-state index in [1.165, 1.54) is 6.20 Å². The highest BCUT2D eigenvalue weighted by molar-refractivity contribution is 7.89. The van der Waals surface area contributed by atoms with Gasteiger partial charge in [0.15, 0.2) is 5.03 Å². The normalized spacial score (nSPS) is 25.4. The summed E-state index contributed by atoms with van der Waals surface area (Å²) in [6.45, 7) is 1.74. The van der Waals surface area contributed by atoms with Crippen molar-refractivity contribution in [2.45, 2.75) is 36.9 Å². The summed E-state index contributed by atoms with van der Waals surface area (Å²) >= 11 is 0. The van der Waals surface area contributed by atoms with E-state index in [1.54, 1.807) is 18.5 Å². The Balaban J connectivity index is 2.13. The van der Waals surface area contributed by atoms with Crippen LogP contribution in [0.2, 0.25) is 0 Å². The molecule has 1 aliphatic carbocycles. The van der Waals surface area contributed by atoms with E-state index in [-0.39, 0.29) is 17.2 Å². The molecule has 1 fully saturated rings. The van der Waals surface area contributed by atoms with Gasteiger partial charge in [-0.1, -0.05) is 0 Å². The molecule has 2 rings (SSSR count). The van der Waals surface area contributed by atoms with E-state index in [0.717, 1.165) is 0 Å². The fraction of sp³-hybridized carbons (Fsp3) is 0.667. The molecule has 16 heavy (non-hydrogen) atoms. The lowest BCUT2D eigenvalue weighted by Crippen LogP contribution is -2.46. The number of hydrogen-bond acceptors (Lipinski definition) is 4. The van der Waals surface area contributed by atoms with E-state index in [0.29, 0.717) is 18.7 Å². The van der Waals surface area contributed by atoms with Gasteiger partial charge in [-0.15, -0.1) is 0 Å². The molecular weight excluding hydrogens is 230 g/mol. The highest BCUT2D eigenvalue weighted by Gasteiger charge is 2.32. The number of aliphatic hydroxyl groups excluding tert-OH is 1. The first-order valence-electron chi connectivity index (χ1n) is 5.09. The highest BCUT2D eigenvalue weighted by Crippen LogP contribution is 2.21. The summed E-state index contributed by atoms with van der Waals surface area (Å²) in [6, 6.07) is -0.165. The molecule has 1 heterocycles. The maximum absolute atomic E-state index is 11.8. The minimum Gasteiger partial charge on any atom is -0.393 e. The van der Waals surface area contributed by atoms with Crippen LogP contribution in [0.1, 0.15) is 18.7 Å². The Morgan fingerprint density at radius 1 is 1.56 bits per heavy atom. The fourth-order valence-corrected chi connectivity index (χ4v) is 2.92. The van der Waals surface area contributed by atoms with Crippen molar-refractivity contribution in [3.8, 4) is 0 Å². The molecule has 1 aromatic heterocycles. The third kappa shape index (κ3) is 2.11. The van der Waals surface area contributed by atoms with Crippen molar-refractivity contribution >= 4 is 10.0 Å². The molecular formula is C9H15N3O3S. The Hall–Kier alpha value is -0.920. The number of aryl methyl sites for hydroxylation is 2. The lowest BCUT2D eigenvalue weighted by Gasteiger charge is -2.31. The Morgan fingerprint density at radius 3 is 2.62 bits per heavy atom. The predicted molar refractivity (Wildman–Crippen MR) is 57.3 cm³/mol. The van der Waals surface area contributed by atoms with Crippen LogP contribution in [0.3, 0.4) is 0 Å². The van der Waals surface area contributed by atoms with Crippen LogP contribution in [0.15, 0.2) is 11.2 Å². The summed E-state index contributed by atoms with van der Waals surface area (Å²) in [5, 5.41) is 9.12. The van der Waals surface area contributed by atoms with Crippen molar-refractivity contribution in [2.75, 3.05) is 0 Å². The van der Waals surface area contributed by atoms with E-state index in [1.807, 2.05) is 0 Å². The van der Waals surface area contributed by atoms with Gasteiger partial charge < -0.3 is 9.67 Å². The van der Waals surface area contributed by atoms with Crippen molar-refractivity contribution in [1.82, 2.24) is 14.3 Å². The second-order valence-electron chi connectivity index (χ2n) is 4.18. The van der Waals surface area contributed by atoms with Gasteiger partial charge in [-0.2, -0.15) is 0 Å². The molecule has 0 spiro atoms. The van der Waals surface area contributed by atoms with Crippen molar-refractivity contribution in [1.29, 1.82) is 0 Å². The summed E-state index contributed by atoms with van der Waals surface area (Å²) < 4.78 is 27.9. The van der Waals surface area contributed by atoms with Crippen molar-refractivity contribution < 1.29 is 13.5 Å². The Bertz CT molecular complexity index is 469. The molecule has 6 nitrogen and oxygen atoms in total. The number of rotatable bonds is 3. The van der Waals surface area contributed by atoms with Gasteiger partial charge in [-0.3, -0.25) is 0 Å². The molecule has 0 amide bonds. The summed E-state index contributed by atoms with van der Waals surface area (Å²) in [7, 11) is -1.79. The summed E-state index contributed by atoms with van der Waals surface area (Å²) in [6.07, 6.45) is 2.06. The molecule has 90 valence electrons. The average molecular weight is 245 g/mol. The fourth-order valence-electron chi connectivity index (χ4n) is 1.62. The van der Waals surface area contributed by atoms with Gasteiger partial charge in [0.25, 0.3) is 10.0 Å². The number of hydrogen-bond donors (Lipinski definition) is 2. The van der Waals surface area contributed by atoms with Gasteiger partial charge in [-0.05, 0) is 19.8 Å². The van der Waals surface area contributed by atoms with Crippen LogP contribution in [0.4, 0.5) is 0 Å². The first-order chi connectivity index (χ1) is 7.38. The summed E-state index contributed by atoms with van der Waals surface area (Å²) in [5.74, 6) is 0.647. The zero-order valence-corrected chi connectivity index (χ0v) is 10.0. The van der Waals surface area contributed by atoms with Gasteiger partial charge in [-0.25, -0.2) is 18.1 Å². The standard InChI is InChI=1S/C9H15N3O3S/c1-6-10-9(5-12(6)2)16(14,15)11-7-3-8(13)4-7/h5,7-8,11,13H,3-4H2,1-2H3. The lowest BCUT2D eigenvalue weighted by atomic mass is 9.91. The van der Waals surface area contributed by atoms with Crippen LogP contribution in [-0.2, 0) is 17.1 Å². The van der Waals surface area contributed by atoms with Crippen molar-refractivity contribution in [3.63, 3.8) is 0 Å². The van der Waals surface area contributed by atoms with E-state index >= 15 is 0 Å². The molecule has 0 saturated heterocycles. The lowest BCUT2D eigenvalue weighted by molar-refractivity contribution is 0.0712. The summed E-state index contributed by atoms with van der Waals surface area (Å²) in [5.41, 5.74) is 0. The van der Waals surface area contributed by atoms with Gasteiger partial charge in [0, 0.05) is 19.3 Å². The van der Waals surface area contributed by atoms with E-state index in [4.69, 9.17) is 5.11 Å². The second-order valence-corrected chi connectivity index (χ2v) is 5.84. The van der Waals surface area contributed by atoms with Crippen LogP contribution in [-0.4, -0.2) is 35.2 Å². The van der Waals surface area contributed by atoms with Gasteiger partial charge in [0.05, 0.1) is 6.10 Å². The summed E-state index contributed by atoms with van der Waals surface area (Å²) in [4.78, 5) is 3.96. The Morgan fingerprint density at radius 2 is 2.19 bits per heavy atom. The quantitative estimate of drug-likeness (QED) is 0.754. The Kier molecular flexibility index (Phi) is 2.77. The molecule has 1 saturated carbocycles. The zero-order chi connectivity index (χ0) is 11.9. The third-order valence-corrected chi connectivity index (χ3v) is 4.19. The number of aliphatic hydroxyl groups is 1. The van der Waals surface area contributed by atoms with Gasteiger partial charge in [0.1, 0.15) is 5.82 Å². The van der Waals surface area contributed by atoms with Crippen molar-refractivity contribution in [3.05, 3.63) is 12.0 Å². The van der Waals surface area contributed by atoms with Crippen LogP contribution < -0.4 is 4.72 Å². The number of nitrogens with one attached hydrogen (secondary N) is 1. The molecule has 0 atom stereocenters. The molecule has 7 heteroatoms.